The Labute approximate surface area is 113 Å². The quantitative estimate of drug-likeness (QED) is 0.852. The van der Waals surface area contributed by atoms with E-state index in [0.717, 1.165) is 31.6 Å². The maximum Gasteiger partial charge on any atom is 0.228 e. The van der Waals surface area contributed by atoms with Crippen LogP contribution in [0.4, 0.5) is 5.69 Å². The highest BCUT2D eigenvalue weighted by Crippen LogP contribution is 2.21. The lowest BCUT2D eigenvalue weighted by Gasteiger charge is -2.28. The number of carbonyl (C=O) groups is 1. The molecule has 0 saturated carbocycles. The van der Waals surface area contributed by atoms with Gasteiger partial charge in [-0.15, -0.1) is 11.8 Å². The molecule has 2 rings (SSSR count). The van der Waals surface area contributed by atoms with Gasteiger partial charge in [0, 0.05) is 17.1 Å². The molecule has 0 bridgehead atoms. The third-order valence-electron chi connectivity index (χ3n) is 3.33. The average Bonchev–Trinajstić information content (AvgIpc) is 2.39. The van der Waals surface area contributed by atoms with Gasteiger partial charge in [0.15, 0.2) is 0 Å². The first kappa shape index (κ1) is 13.4. The molecule has 1 heterocycles. The highest BCUT2D eigenvalue weighted by Gasteiger charge is 2.23. The average molecular weight is 264 g/mol. The van der Waals surface area contributed by atoms with Crippen molar-refractivity contribution in [3.8, 4) is 0 Å². The summed E-state index contributed by atoms with van der Waals surface area (Å²) in [6.07, 6.45) is 4.15. The van der Waals surface area contributed by atoms with E-state index in [1.165, 1.54) is 4.90 Å². The highest BCUT2D eigenvalue weighted by molar-refractivity contribution is 7.98. The zero-order valence-electron chi connectivity index (χ0n) is 11.0. The molecule has 1 N–H and O–H groups in total. The van der Waals surface area contributed by atoms with Gasteiger partial charge >= 0.3 is 0 Å². The summed E-state index contributed by atoms with van der Waals surface area (Å²) >= 11 is 1.69. The minimum Gasteiger partial charge on any atom is -0.326 e. The summed E-state index contributed by atoms with van der Waals surface area (Å²) in [5, 5.41) is 3.03. The van der Waals surface area contributed by atoms with Crippen LogP contribution in [0, 0.1) is 5.92 Å². The minimum absolute atomic E-state index is 0.127. The van der Waals surface area contributed by atoms with Crippen LogP contribution < -0.4 is 5.32 Å². The Morgan fingerprint density at radius 3 is 3.06 bits per heavy atom. The van der Waals surface area contributed by atoms with Crippen molar-refractivity contribution < 1.29 is 4.79 Å². The summed E-state index contributed by atoms with van der Waals surface area (Å²) in [6, 6.07) is 8.00. The molecule has 1 aliphatic rings. The van der Waals surface area contributed by atoms with Crippen LogP contribution in [0.5, 0.6) is 0 Å². The van der Waals surface area contributed by atoms with Gasteiger partial charge in [-0.1, -0.05) is 6.07 Å². The van der Waals surface area contributed by atoms with E-state index in [0.29, 0.717) is 0 Å². The smallest absolute Gasteiger partial charge is 0.228 e. The zero-order chi connectivity index (χ0) is 13.0. The molecule has 1 aromatic rings. The molecule has 0 spiro atoms. The number of benzene rings is 1. The van der Waals surface area contributed by atoms with Crippen LogP contribution in [0.1, 0.15) is 12.8 Å². The van der Waals surface area contributed by atoms with Crippen molar-refractivity contribution in [2.45, 2.75) is 17.7 Å². The fourth-order valence-electron chi connectivity index (χ4n) is 2.33. The van der Waals surface area contributed by atoms with Gasteiger partial charge in [0.2, 0.25) is 5.91 Å². The standard InChI is InChI=1S/C14H20N2OS/c1-16-8-4-5-11(10-16)14(17)15-12-6-3-7-13(9-12)18-2/h3,6-7,9,11H,4-5,8,10H2,1-2H3,(H,15,17). The summed E-state index contributed by atoms with van der Waals surface area (Å²) in [7, 11) is 2.08. The van der Waals surface area contributed by atoms with E-state index in [4.69, 9.17) is 0 Å². The molecule has 4 heteroatoms. The Morgan fingerprint density at radius 1 is 1.50 bits per heavy atom. The molecule has 1 fully saturated rings. The van der Waals surface area contributed by atoms with E-state index in [2.05, 4.69) is 23.3 Å². The number of hydrogen-bond acceptors (Lipinski definition) is 3. The van der Waals surface area contributed by atoms with E-state index in [1.54, 1.807) is 11.8 Å². The number of likely N-dealkylation sites (tertiary alicyclic amines) is 1. The summed E-state index contributed by atoms with van der Waals surface area (Å²) < 4.78 is 0. The molecule has 0 radical (unpaired) electrons. The molecular weight excluding hydrogens is 244 g/mol. The zero-order valence-corrected chi connectivity index (χ0v) is 11.8. The maximum absolute atomic E-state index is 12.2. The molecule has 3 nitrogen and oxygen atoms in total. The van der Waals surface area contributed by atoms with Gasteiger partial charge in [0.05, 0.1) is 5.92 Å². The molecule has 18 heavy (non-hydrogen) atoms. The van der Waals surface area contributed by atoms with Crippen molar-refractivity contribution in [1.82, 2.24) is 4.90 Å². The Bertz CT molecular complexity index is 422. The van der Waals surface area contributed by atoms with Crippen LogP contribution in [0.2, 0.25) is 0 Å². The molecule has 1 atom stereocenters. The number of anilines is 1. The maximum atomic E-state index is 12.2. The van der Waals surface area contributed by atoms with Crippen LogP contribution in [-0.2, 0) is 4.79 Å². The van der Waals surface area contributed by atoms with Crippen molar-refractivity contribution >= 4 is 23.4 Å². The summed E-state index contributed by atoms with van der Waals surface area (Å²) in [4.78, 5) is 15.6. The fourth-order valence-corrected chi connectivity index (χ4v) is 2.79. The second kappa shape index (κ2) is 6.25. The van der Waals surface area contributed by atoms with Crippen LogP contribution >= 0.6 is 11.8 Å². The van der Waals surface area contributed by atoms with Gasteiger partial charge in [0.1, 0.15) is 0 Å². The molecule has 1 unspecified atom stereocenters. The van der Waals surface area contributed by atoms with Crippen LogP contribution in [0.3, 0.4) is 0 Å². The molecular formula is C14H20N2OS. The summed E-state index contributed by atoms with van der Waals surface area (Å²) in [6.45, 7) is 1.97. The van der Waals surface area contributed by atoms with Crippen molar-refractivity contribution in [3.63, 3.8) is 0 Å². The highest BCUT2D eigenvalue weighted by atomic mass is 32.2. The van der Waals surface area contributed by atoms with Crippen molar-refractivity contribution in [3.05, 3.63) is 24.3 Å². The molecule has 1 aliphatic heterocycles. The number of thioether (sulfide) groups is 1. The van der Waals surface area contributed by atoms with Crippen LogP contribution in [-0.4, -0.2) is 37.2 Å². The van der Waals surface area contributed by atoms with Crippen LogP contribution in [0.15, 0.2) is 29.2 Å². The normalized spacial score (nSPS) is 20.7. The van der Waals surface area contributed by atoms with Gasteiger partial charge in [-0.2, -0.15) is 0 Å². The van der Waals surface area contributed by atoms with E-state index in [9.17, 15) is 4.79 Å². The largest absolute Gasteiger partial charge is 0.326 e. The Morgan fingerprint density at radius 2 is 2.33 bits per heavy atom. The monoisotopic (exact) mass is 264 g/mol. The van der Waals surface area contributed by atoms with Gasteiger partial charge in [-0.25, -0.2) is 0 Å². The van der Waals surface area contributed by atoms with Gasteiger partial charge in [-0.05, 0) is 50.9 Å². The Kier molecular flexibility index (Phi) is 4.66. The van der Waals surface area contributed by atoms with E-state index < -0.39 is 0 Å². The molecule has 0 aliphatic carbocycles. The molecule has 0 aromatic heterocycles. The first-order valence-corrected chi connectivity index (χ1v) is 7.55. The molecule has 1 amide bonds. The summed E-state index contributed by atoms with van der Waals surface area (Å²) in [5.41, 5.74) is 0.903. The Hall–Kier alpha value is -1.00. The van der Waals surface area contributed by atoms with Gasteiger partial charge < -0.3 is 10.2 Å². The molecule has 98 valence electrons. The number of rotatable bonds is 3. The predicted octanol–water partition coefficient (Wildman–Crippen LogP) is 2.69. The number of amides is 1. The predicted molar refractivity (Wildman–Crippen MR) is 77.1 cm³/mol. The lowest BCUT2D eigenvalue weighted by Crippen LogP contribution is -2.38. The lowest BCUT2D eigenvalue weighted by molar-refractivity contribution is -0.121. The topological polar surface area (TPSA) is 32.3 Å². The van der Waals surface area contributed by atoms with E-state index in [1.807, 2.05) is 24.5 Å². The van der Waals surface area contributed by atoms with Gasteiger partial charge in [-0.3, -0.25) is 4.79 Å². The minimum atomic E-state index is 0.127. The lowest BCUT2D eigenvalue weighted by atomic mass is 9.97. The van der Waals surface area contributed by atoms with Crippen LogP contribution in [0.25, 0.3) is 0 Å². The number of nitrogens with one attached hydrogen (secondary N) is 1. The van der Waals surface area contributed by atoms with Crippen molar-refractivity contribution in [2.75, 3.05) is 31.7 Å². The molecule has 1 aromatic carbocycles. The summed E-state index contributed by atoms with van der Waals surface area (Å²) in [5.74, 6) is 0.279. The third-order valence-corrected chi connectivity index (χ3v) is 4.06. The van der Waals surface area contributed by atoms with E-state index >= 15 is 0 Å². The van der Waals surface area contributed by atoms with Crippen molar-refractivity contribution in [2.24, 2.45) is 5.92 Å². The second-order valence-electron chi connectivity index (χ2n) is 4.82. The van der Waals surface area contributed by atoms with E-state index in [-0.39, 0.29) is 11.8 Å². The second-order valence-corrected chi connectivity index (χ2v) is 5.70. The SMILES string of the molecule is CSc1cccc(NC(=O)C2CCCN(C)C2)c1. The number of hydrogen-bond donors (Lipinski definition) is 1. The first-order chi connectivity index (χ1) is 8.69. The number of nitrogens with zero attached hydrogens (tertiary/aromatic N) is 1. The van der Waals surface area contributed by atoms with Gasteiger partial charge in [0.25, 0.3) is 0 Å². The number of piperidine rings is 1. The fraction of sp³-hybridized carbons (Fsp3) is 0.500. The Balaban J connectivity index is 1.97. The third kappa shape index (κ3) is 3.50. The molecule has 1 saturated heterocycles. The first-order valence-electron chi connectivity index (χ1n) is 6.32. The number of carbonyl (C=O) groups excluding carboxylic acids is 1. The van der Waals surface area contributed by atoms with Crippen molar-refractivity contribution in [1.29, 1.82) is 0 Å².